The summed E-state index contributed by atoms with van der Waals surface area (Å²) in [6.45, 7) is 1.86. The molecule has 0 aliphatic rings. The van der Waals surface area contributed by atoms with E-state index in [1.165, 1.54) is 13.3 Å². The Labute approximate surface area is 82.5 Å². The van der Waals surface area contributed by atoms with Gasteiger partial charge in [-0.1, -0.05) is 6.92 Å². The largest absolute Gasteiger partial charge is 0.465 e. The van der Waals surface area contributed by atoms with Crippen molar-refractivity contribution < 1.29 is 14.6 Å². The van der Waals surface area contributed by atoms with Crippen molar-refractivity contribution in [1.29, 1.82) is 0 Å². The minimum absolute atomic E-state index is 0.388. The molecule has 4 heteroatoms. The molecule has 0 radical (unpaired) electrons. The lowest BCUT2D eigenvalue weighted by Gasteiger charge is -2.06. The van der Waals surface area contributed by atoms with Crippen molar-refractivity contribution in [2.75, 3.05) is 7.11 Å². The van der Waals surface area contributed by atoms with E-state index in [-0.39, 0.29) is 0 Å². The van der Waals surface area contributed by atoms with Gasteiger partial charge in [-0.2, -0.15) is 0 Å². The molecule has 1 aromatic rings. The van der Waals surface area contributed by atoms with Crippen LogP contribution in [0.4, 0.5) is 0 Å². The topological polar surface area (TPSA) is 59.4 Å². The molecule has 0 amide bonds. The third kappa shape index (κ3) is 2.29. The lowest BCUT2D eigenvalue weighted by atomic mass is 10.1. The van der Waals surface area contributed by atoms with Gasteiger partial charge in [0.25, 0.3) is 0 Å². The Morgan fingerprint density at radius 3 is 2.79 bits per heavy atom. The number of aliphatic hydroxyl groups excluding tert-OH is 1. The maximum atomic E-state index is 11.0. The van der Waals surface area contributed by atoms with E-state index in [2.05, 4.69) is 9.72 Å². The molecule has 4 nitrogen and oxygen atoms in total. The van der Waals surface area contributed by atoms with Crippen molar-refractivity contribution >= 4 is 5.97 Å². The van der Waals surface area contributed by atoms with Crippen molar-refractivity contribution in [2.24, 2.45) is 0 Å². The lowest BCUT2D eigenvalue weighted by molar-refractivity contribution is 0.0600. The zero-order chi connectivity index (χ0) is 10.6. The molecule has 1 atom stereocenters. The highest BCUT2D eigenvalue weighted by atomic mass is 16.5. The molecule has 1 heterocycles. The minimum Gasteiger partial charge on any atom is -0.465 e. The Hall–Kier alpha value is -1.42. The van der Waals surface area contributed by atoms with Gasteiger partial charge in [0.15, 0.2) is 0 Å². The smallest absolute Gasteiger partial charge is 0.339 e. The summed E-state index contributed by atoms with van der Waals surface area (Å²) in [5.41, 5.74) is 0.958. The van der Waals surface area contributed by atoms with Gasteiger partial charge in [-0.15, -0.1) is 0 Å². The summed E-state index contributed by atoms with van der Waals surface area (Å²) < 4.78 is 4.52. The fourth-order valence-electron chi connectivity index (χ4n) is 1.05. The van der Waals surface area contributed by atoms with Crippen molar-refractivity contribution in [3.8, 4) is 0 Å². The van der Waals surface area contributed by atoms with E-state index in [1.807, 2.05) is 6.92 Å². The molecule has 1 N–H and O–H groups in total. The van der Waals surface area contributed by atoms with Crippen LogP contribution >= 0.6 is 0 Å². The summed E-state index contributed by atoms with van der Waals surface area (Å²) in [5.74, 6) is -0.421. The monoisotopic (exact) mass is 195 g/mol. The first-order valence-corrected chi connectivity index (χ1v) is 4.41. The van der Waals surface area contributed by atoms with Gasteiger partial charge >= 0.3 is 5.97 Å². The van der Waals surface area contributed by atoms with Crippen LogP contribution in [0, 0.1) is 0 Å². The maximum Gasteiger partial charge on any atom is 0.339 e. The molecule has 1 unspecified atom stereocenters. The second-order valence-electron chi connectivity index (χ2n) is 2.89. The first-order chi connectivity index (χ1) is 6.69. The fourth-order valence-corrected chi connectivity index (χ4v) is 1.05. The number of ether oxygens (including phenoxy) is 1. The number of carbonyl (C=O) groups excluding carboxylic acids is 1. The Morgan fingerprint density at radius 2 is 2.36 bits per heavy atom. The quantitative estimate of drug-likeness (QED) is 0.739. The highest BCUT2D eigenvalue weighted by molar-refractivity contribution is 5.88. The van der Waals surface area contributed by atoms with Crippen LogP contribution in [0.5, 0.6) is 0 Å². The third-order valence-corrected chi connectivity index (χ3v) is 1.94. The summed E-state index contributed by atoms with van der Waals surface area (Å²) in [6, 6.07) is 3.22. The number of carbonyl (C=O) groups is 1. The van der Waals surface area contributed by atoms with E-state index < -0.39 is 12.1 Å². The number of methoxy groups -OCH3 is 1. The van der Waals surface area contributed by atoms with E-state index in [0.717, 1.165) is 0 Å². The van der Waals surface area contributed by atoms with Gasteiger partial charge in [-0.25, -0.2) is 4.79 Å². The average molecular weight is 195 g/mol. The Bertz CT molecular complexity index is 308. The fraction of sp³-hybridized carbons (Fsp3) is 0.400. The SMILES string of the molecule is CCC(O)c1ccc(C(=O)OC)cn1. The van der Waals surface area contributed by atoms with E-state index in [4.69, 9.17) is 0 Å². The molecule has 1 rings (SSSR count). The van der Waals surface area contributed by atoms with Crippen molar-refractivity contribution in [2.45, 2.75) is 19.4 Å². The summed E-state index contributed by atoms with van der Waals surface area (Å²) in [5, 5.41) is 9.44. The van der Waals surface area contributed by atoms with Gasteiger partial charge in [0.2, 0.25) is 0 Å². The molecule has 0 aromatic carbocycles. The van der Waals surface area contributed by atoms with Gasteiger partial charge in [0, 0.05) is 6.20 Å². The molecule has 14 heavy (non-hydrogen) atoms. The predicted octanol–water partition coefficient (Wildman–Crippen LogP) is 1.31. The Kier molecular flexibility index (Phi) is 3.59. The van der Waals surface area contributed by atoms with Gasteiger partial charge in [0.1, 0.15) is 0 Å². The highest BCUT2D eigenvalue weighted by Crippen LogP contribution is 2.13. The first-order valence-electron chi connectivity index (χ1n) is 4.41. The van der Waals surface area contributed by atoms with Crippen LogP contribution in [0.3, 0.4) is 0 Å². The van der Waals surface area contributed by atoms with Crippen LogP contribution in [0.2, 0.25) is 0 Å². The summed E-state index contributed by atoms with van der Waals surface area (Å²) in [4.78, 5) is 15.0. The molecule has 0 saturated carbocycles. The Morgan fingerprint density at radius 1 is 1.64 bits per heavy atom. The number of aliphatic hydroxyl groups is 1. The van der Waals surface area contributed by atoms with E-state index in [0.29, 0.717) is 17.7 Å². The van der Waals surface area contributed by atoms with Crippen molar-refractivity contribution in [1.82, 2.24) is 4.98 Å². The second-order valence-corrected chi connectivity index (χ2v) is 2.89. The average Bonchev–Trinajstić information content (AvgIpc) is 2.27. The molecule has 0 fully saturated rings. The molecule has 0 bridgehead atoms. The molecule has 0 aliphatic heterocycles. The number of pyridine rings is 1. The molecular weight excluding hydrogens is 182 g/mol. The van der Waals surface area contributed by atoms with E-state index in [1.54, 1.807) is 12.1 Å². The number of hydrogen-bond donors (Lipinski definition) is 1. The molecule has 76 valence electrons. The van der Waals surface area contributed by atoms with Crippen LogP contribution in [-0.2, 0) is 4.74 Å². The van der Waals surface area contributed by atoms with Crippen LogP contribution in [-0.4, -0.2) is 23.2 Å². The van der Waals surface area contributed by atoms with Crippen LogP contribution < -0.4 is 0 Å². The number of esters is 1. The van der Waals surface area contributed by atoms with Crippen LogP contribution in [0.25, 0.3) is 0 Å². The number of nitrogens with zero attached hydrogens (tertiary/aromatic N) is 1. The van der Waals surface area contributed by atoms with E-state index >= 15 is 0 Å². The summed E-state index contributed by atoms with van der Waals surface area (Å²) in [6.07, 6.45) is 1.44. The van der Waals surface area contributed by atoms with Crippen LogP contribution in [0.1, 0.15) is 35.5 Å². The number of aromatic nitrogens is 1. The van der Waals surface area contributed by atoms with Gasteiger partial charge in [-0.3, -0.25) is 4.98 Å². The molecular formula is C10H13NO3. The first kappa shape index (κ1) is 10.7. The van der Waals surface area contributed by atoms with Gasteiger partial charge in [-0.05, 0) is 18.6 Å². The predicted molar refractivity (Wildman–Crippen MR) is 50.8 cm³/mol. The lowest BCUT2D eigenvalue weighted by Crippen LogP contribution is -2.04. The van der Waals surface area contributed by atoms with Gasteiger partial charge in [0.05, 0.1) is 24.5 Å². The minimum atomic E-state index is -0.568. The third-order valence-electron chi connectivity index (χ3n) is 1.94. The zero-order valence-electron chi connectivity index (χ0n) is 8.23. The van der Waals surface area contributed by atoms with E-state index in [9.17, 15) is 9.90 Å². The number of hydrogen-bond acceptors (Lipinski definition) is 4. The number of rotatable bonds is 3. The summed E-state index contributed by atoms with van der Waals surface area (Å²) in [7, 11) is 1.32. The molecule has 0 aliphatic carbocycles. The maximum absolute atomic E-state index is 11.0. The molecule has 0 saturated heterocycles. The van der Waals surface area contributed by atoms with Crippen LogP contribution in [0.15, 0.2) is 18.3 Å². The normalized spacial score (nSPS) is 12.2. The van der Waals surface area contributed by atoms with Gasteiger partial charge < -0.3 is 9.84 Å². The zero-order valence-corrected chi connectivity index (χ0v) is 8.23. The standard InChI is InChI=1S/C10H13NO3/c1-3-9(12)8-5-4-7(6-11-8)10(13)14-2/h4-6,9,12H,3H2,1-2H3. The molecule has 0 spiro atoms. The second kappa shape index (κ2) is 4.72. The highest BCUT2D eigenvalue weighted by Gasteiger charge is 2.09. The summed E-state index contributed by atoms with van der Waals surface area (Å²) >= 11 is 0. The molecule has 1 aromatic heterocycles. The Balaban J connectivity index is 2.83. The van der Waals surface area contributed by atoms with Crippen molar-refractivity contribution in [3.63, 3.8) is 0 Å². The van der Waals surface area contributed by atoms with Crippen molar-refractivity contribution in [3.05, 3.63) is 29.6 Å².